The van der Waals surface area contributed by atoms with Crippen molar-refractivity contribution in [2.75, 3.05) is 12.9 Å². The standard InChI is InChI=1S/C22H29NO2S/c1-16(2)13-21(18-9-11-20(25-4)12-10-18)23-22(24)15-26-14-19-8-6-5-7-17(19)3/h5-12,16,21H,13-15H2,1-4H3,(H,23,24)/t21-/m1/s1. The Kier molecular flexibility index (Phi) is 8.05. The van der Waals surface area contributed by atoms with Crippen LogP contribution in [-0.2, 0) is 10.5 Å². The van der Waals surface area contributed by atoms with Gasteiger partial charge in [0, 0.05) is 5.75 Å². The lowest BCUT2D eigenvalue weighted by molar-refractivity contribution is -0.119. The summed E-state index contributed by atoms with van der Waals surface area (Å²) in [5, 5.41) is 3.20. The molecule has 2 aromatic carbocycles. The number of benzene rings is 2. The number of nitrogens with one attached hydrogen (secondary N) is 1. The van der Waals surface area contributed by atoms with Crippen molar-refractivity contribution in [3.05, 3.63) is 65.2 Å². The molecule has 1 N–H and O–H groups in total. The first-order valence-corrected chi connectivity index (χ1v) is 10.2. The number of ether oxygens (including phenoxy) is 1. The monoisotopic (exact) mass is 371 g/mol. The predicted octanol–water partition coefficient (Wildman–Crippen LogP) is 5.14. The van der Waals surface area contributed by atoms with Crippen LogP contribution in [0.2, 0.25) is 0 Å². The van der Waals surface area contributed by atoms with Crippen molar-refractivity contribution in [3.8, 4) is 5.75 Å². The fraction of sp³-hybridized carbons (Fsp3) is 0.409. The van der Waals surface area contributed by atoms with Crippen molar-refractivity contribution >= 4 is 17.7 Å². The van der Waals surface area contributed by atoms with Gasteiger partial charge in [0.2, 0.25) is 5.91 Å². The third-order valence-corrected chi connectivity index (χ3v) is 5.29. The molecule has 0 spiro atoms. The first-order valence-electron chi connectivity index (χ1n) is 9.05. The quantitative estimate of drug-likeness (QED) is 0.663. The van der Waals surface area contributed by atoms with Crippen molar-refractivity contribution in [1.82, 2.24) is 5.32 Å². The van der Waals surface area contributed by atoms with Gasteiger partial charge in [0.25, 0.3) is 0 Å². The summed E-state index contributed by atoms with van der Waals surface area (Å²) in [5.74, 6) is 2.75. The van der Waals surface area contributed by atoms with Crippen molar-refractivity contribution in [2.24, 2.45) is 5.92 Å². The van der Waals surface area contributed by atoms with Gasteiger partial charge in [-0.3, -0.25) is 4.79 Å². The highest BCUT2D eigenvalue weighted by molar-refractivity contribution is 7.99. The van der Waals surface area contributed by atoms with Gasteiger partial charge in [-0.25, -0.2) is 0 Å². The van der Waals surface area contributed by atoms with Crippen LogP contribution in [0.3, 0.4) is 0 Å². The molecule has 2 aromatic rings. The van der Waals surface area contributed by atoms with Crippen molar-refractivity contribution in [2.45, 2.75) is 39.0 Å². The number of carbonyl (C=O) groups excluding carboxylic acids is 1. The summed E-state index contributed by atoms with van der Waals surface area (Å²) in [4.78, 5) is 12.4. The average Bonchev–Trinajstić information content (AvgIpc) is 2.62. The highest BCUT2D eigenvalue weighted by Gasteiger charge is 2.16. The van der Waals surface area contributed by atoms with E-state index in [4.69, 9.17) is 4.74 Å². The highest BCUT2D eigenvalue weighted by atomic mass is 32.2. The van der Waals surface area contributed by atoms with Gasteiger partial charge in [0.05, 0.1) is 18.9 Å². The Bertz CT molecular complexity index is 698. The molecule has 0 radical (unpaired) electrons. The zero-order valence-electron chi connectivity index (χ0n) is 16.1. The maximum absolute atomic E-state index is 12.4. The number of thioether (sulfide) groups is 1. The molecule has 0 aliphatic carbocycles. The number of amides is 1. The van der Waals surface area contributed by atoms with Crippen LogP contribution in [0, 0.1) is 12.8 Å². The smallest absolute Gasteiger partial charge is 0.230 e. The molecule has 26 heavy (non-hydrogen) atoms. The molecule has 1 amide bonds. The van der Waals surface area contributed by atoms with E-state index < -0.39 is 0 Å². The van der Waals surface area contributed by atoms with Gasteiger partial charge in [0.1, 0.15) is 5.75 Å². The topological polar surface area (TPSA) is 38.3 Å². The molecule has 0 saturated carbocycles. The normalized spacial score (nSPS) is 12.0. The Morgan fingerprint density at radius 1 is 1.12 bits per heavy atom. The van der Waals surface area contributed by atoms with Crippen LogP contribution in [-0.4, -0.2) is 18.8 Å². The van der Waals surface area contributed by atoms with Crippen LogP contribution in [0.1, 0.15) is 43.0 Å². The third-order valence-electron chi connectivity index (χ3n) is 4.31. The van der Waals surface area contributed by atoms with Crippen LogP contribution in [0.15, 0.2) is 48.5 Å². The molecule has 140 valence electrons. The van der Waals surface area contributed by atoms with E-state index in [1.807, 2.05) is 36.4 Å². The molecule has 2 rings (SSSR count). The minimum absolute atomic E-state index is 0.0347. The Morgan fingerprint density at radius 3 is 2.42 bits per heavy atom. The van der Waals surface area contributed by atoms with Crippen LogP contribution in [0.5, 0.6) is 5.75 Å². The summed E-state index contributed by atoms with van der Waals surface area (Å²) < 4.78 is 5.23. The zero-order chi connectivity index (χ0) is 18.9. The van der Waals surface area contributed by atoms with E-state index in [-0.39, 0.29) is 11.9 Å². The largest absolute Gasteiger partial charge is 0.497 e. The number of methoxy groups -OCH3 is 1. The lowest BCUT2D eigenvalue weighted by Gasteiger charge is -2.21. The molecule has 0 heterocycles. The number of hydrogen-bond donors (Lipinski definition) is 1. The summed E-state index contributed by atoms with van der Waals surface area (Å²) >= 11 is 1.66. The lowest BCUT2D eigenvalue weighted by Crippen LogP contribution is -2.30. The van der Waals surface area contributed by atoms with E-state index in [1.165, 1.54) is 11.1 Å². The Hall–Kier alpha value is -1.94. The summed E-state index contributed by atoms with van der Waals surface area (Å²) in [5.41, 5.74) is 3.69. The molecule has 0 saturated heterocycles. The fourth-order valence-electron chi connectivity index (χ4n) is 2.85. The van der Waals surface area contributed by atoms with Gasteiger partial charge in [-0.15, -0.1) is 11.8 Å². The molecular weight excluding hydrogens is 342 g/mol. The van der Waals surface area contributed by atoms with E-state index in [0.29, 0.717) is 11.7 Å². The van der Waals surface area contributed by atoms with Gasteiger partial charge >= 0.3 is 0 Å². The Morgan fingerprint density at radius 2 is 1.81 bits per heavy atom. The molecule has 0 aliphatic heterocycles. The second-order valence-electron chi connectivity index (χ2n) is 6.94. The molecule has 3 nitrogen and oxygen atoms in total. The van der Waals surface area contributed by atoms with E-state index in [0.717, 1.165) is 23.5 Å². The Labute approximate surface area is 161 Å². The SMILES string of the molecule is COc1ccc([C@@H](CC(C)C)NC(=O)CSCc2ccccc2C)cc1. The van der Waals surface area contributed by atoms with Gasteiger partial charge in [-0.05, 0) is 48.1 Å². The van der Waals surface area contributed by atoms with Gasteiger partial charge in [0.15, 0.2) is 0 Å². The van der Waals surface area contributed by atoms with Crippen LogP contribution in [0.4, 0.5) is 0 Å². The first kappa shape index (κ1) is 20.4. The number of carbonyl (C=O) groups is 1. The molecule has 0 aliphatic rings. The van der Waals surface area contributed by atoms with E-state index in [2.05, 4.69) is 38.2 Å². The van der Waals surface area contributed by atoms with Gasteiger partial charge < -0.3 is 10.1 Å². The highest BCUT2D eigenvalue weighted by Crippen LogP contribution is 2.24. The molecule has 0 aromatic heterocycles. The van der Waals surface area contributed by atoms with Crippen LogP contribution in [0.25, 0.3) is 0 Å². The summed E-state index contributed by atoms with van der Waals surface area (Å²) in [7, 11) is 1.66. The second kappa shape index (κ2) is 10.3. The molecule has 4 heteroatoms. The molecule has 0 bridgehead atoms. The maximum Gasteiger partial charge on any atom is 0.230 e. The predicted molar refractivity (Wildman–Crippen MR) is 111 cm³/mol. The van der Waals surface area contributed by atoms with E-state index in [1.54, 1.807) is 18.9 Å². The summed E-state index contributed by atoms with van der Waals surface area (Å²) in [6.07, 6.45) is 0.917. The summed E-state index contributed by atoms with van der Waals surface area (Å²) in [6.45, 7) is 6.46. The summed E-state index contributed by atoms with van der Waals surface area (Å²) in [6, 6.07) is 16.3. The first-order chi connectivity index (χ1) is 12.5. The maximum atomic E-state index is 12.4. The molecule has 0 unspecified atom stereocenters. The molecule has 1 atom stereocenters. The Balaban J connectivity index is 1.92. The fourth-order valence-corrected chi connectivity index (χ4v) is 3.76. The molecular formula is C22H29NO2S. The minimum atomic E-state index is 0.0347. The number of hydrogen-bond acceptors (Lipinski definition) is 3. The zero-order valence-corrected chi connectivity index (χ0v) is 16.9. The van der Waals surface area contributed by atoms with Crippen molar-refractivity contribution in [3.63, 3.8) is 0 Å². The van der Waals surface area contributed by atoms with Crippen molar-refractivity contribution < 1.29 is 9.53 Å². The lowest BCUT2D eigenvalue weighted by atomic mass is 9.97. The van der Waals surface area contributed by atoms with Crippen LogP contribution < -0.4 is 10.1 Å². The van der Waals surface area contributed by atoms with Gasteiger partial charge in [-0.1, -0.05) is 50.2 Å². The van der Waals surface area contributed by atoms with E-state index in [9.17, 15) is 4.79 Å². The number of aryl methyl sites for hydroxylation is 1. The third kappa shape index (κ3) is 6.41. The second-order valence-corrected chi connectivity index (χ2v) is 7.93. The average molecular weight is 372 g/mol. The van der Waals surface area contributed by atoms with E-state index >= 15 is 0 Å². The van der Waals surface area contributed by atoms with Crippen molar-refractivity contribution in [1.29, 1.82) is 0 Å². The number of rotatable bonds is 9. The van der Waals surface area contributed by atoms with Crippen LogP contribution >= 0.6 is 11.8 Å². The van der Waals surface area contributed by atoms with Gasteiger partial charge in [-0.2, -0.15) is 0 Å². The molecule has 0 fully saturated rings. The minimum Gasteiger partial charge on any atom is -0.497 e.